The van der Waals surface area contributed by atoms with Crippen molar-refractivity contribution in [3.63, 3.8) is 0 Å². The minimum atomic E-state index is 0.861. The van der Waals surface area contributed by atoms with Crippen LogP contribution in [0.4, 0.5) is 17.1 Å². The molecule has 0 N–H and O–H groups in total. The van der Waals surface area contributed by atoms with Crippen molar-refractivity contribution in [2.75, 3.05) is 4.90 Å². The molecule has 0 spiro atoms. The highest BCUT2D eigenvalue weighted by atomic mass is 16.3. The van der Waals surface area contributed by atoms with Gasteiger partial charge in [0.15, 0.2) is 0 Å². The zero-order valence-electron chi connectivity index (χ0n) is 35.4. The van der Waals surface area contributed by atoms with Crippen molar-refractivity contribution in [3.05, 3.63) is 243 Å². The van der Waals surface area contributed by atoms with Crippen LogP contribution in [0.2, 0.25) is 0 Å². The summed E-state index contributed by atoms with van der Waals surface area (Å²) in [5.41, 5.74) is 15.6. The molecule has 0 atom stereocenters. The molecular formula is C62H40N2O. The lowest BCUT2D eigenvalue weighted by molar-refractivity contribution is 0.672. The Balaban J connectivity index is 0.882. The predicted octanol–water partition coefficient (Wildman–Crippen LogP) is 17.5. The van der Waals surface area contributed by atoms with Crippen molar-refractivity contribution in [1.29, 1.82) is 0 Å². The van der Waals surface area contributed by atoms with E-state index in [1.807, 2.05) is 0 Å². The quantitative estimate of drug-likeness (QED) is 0.160. The van der Waals surface area contributed by atoms with Crippen LogP contribution in [0.1, 0.15) is 0 Å². The SMILES string of the molecule is c1cc(-c2ccc(N(c3ccc(-c4ccc(-c5cccc6ccccc56)cc4)cc3)c3ccc4c(c3)oc3c5ccccc5ccc43)cc2)cc(-n2c3ccccc3c3ccccc32)c1. The topological polar surface area (TPSA) is 21.3 Å². The van der Waals surface area contributed by atoms with Crippen molar-refractivity contribution in [1.82, 2.24) is 4.57 Å². The van der Waals surface area contributed by atoms with Gasteiger partial charge in [0.1, 0.15) is 11.2 Å². The van der Waals surface area contributed by atoms with Gasteiger partial charge in [0.05, 0.1) is 11.0 Å². The molecule has 0 aliphatic carbocycles. The summed E-state index contributed by atoms with van der Waals surface area (Å²) < 4.78 is 9.09. The van der Waals surface area contributed by atoms with Gasteiger partial charge >= 0.3 is 0 Å². The van der Waals surface area contributed by atoms with Crippen molar-refractivity contribution in [2.24, 2.45) is 0 Å². The van der Waals surface area contributed by atoms with E-state index in [4.69, 9.17) is 4.42 Å². The van der Waals surface area contributed by atoms with Crippen LogP contribution in [-0.4, -0.2) is 4.57 Å². The first-order chi connectivity index (χ1) is 32.2. The standard InChI is InChI=1S/C62H40N2O/c1-3-16-52-44(11-1)13-10-20-53(52)46-25-23-41(24-26-46)42-27-32-48(33-28-42)63(51-36-38-57-58-37-31-45-12-2-4-17-54(45)62(58)65-61(57)40-51)49-34-29-43(30-35-49)47-14-9-15-50(39-47)64-59-21-7-5-18-55(59)56-19-6-8-22-60(56)64/h1-40H. The third kappa shape index (κ3) is 6.20. The number of benzene rings is 11. The van der Waals surface area contributed by atoms with Crippen LogP contribution in [0.15, 0.2) is 247 Å². The van der Waals surface area contributed by atoms with E-state index in [1.165, 1.54) is 54.7 Å². The maximum absolute atomic E-state index is 6.71. The van der Waals surface area contributed by atoms with Crippen molar-refractivity contribution in [2.45, 2.75) is 0 Å². The van der Waals surface area contributed by atoms with E-state index in [0.717, 1.165) is 66.8 Å². The minimum Gasteiger partial charge on any atom is -0.455 e. The number of rotatable bonds is 7. The maximum Gasteiger partial charge on any atom is 0.143 e. The molecule has 0 aliphatic heterocycles. The van der Waals surface area contributed by atoms with E-state index >= 15 is 0 Å². The maximum atomic E-state index is 6.71. The van der Waals surface area contributed by atoms with Crippen molar-refractivity contribution in [3.8, 4) is 39.1 Å². The van der Waals surface area contributed by atoms with Gasteiger partial charge in [-0.25, -0.2) is 0 Å². The number of hydrogen-bond donors (Lipinski definition) is 0. The fraction of sp³-hybridized carbons (Fsp3) is 0. The fourth-order valence-electron chi connectivity index (χ4n) is 10.0. The smallest absolute Gasteiger partial charge is 0.143 e. The number of aromatic nitrogens is 1. The van der Waals surface area contributed by atoms with Gasteiger partial charge in [-0.05, 0) is 116 Å². The third-order valence-corrected chi connectivity index (χ3v) is 13.2. The summed E-state index contributed by atoms with van der Waals surface area (Å²) in [5, 5.41) is 9.56. The highest BCUT2D eigenvalue weighted by Crippen LogP contribution is 2.42. The van der Waals surface area contributed by atoms with E-state index < -0.39 is 0 Å². The number of nitrogens with zero attached hydrogens (tertiary/aromatic N) is 2. The molecule has 0 saturated heterocycles. The Morgan fingerprint density at radius 2 is 0.815 bits per heavy atom. The van der Waals surface area contributed by atoms with Crippen LogP contribution >= 0.6 is 0 Å². The summed E-state index contributed by atoms with van der Waals surface area (Å²) in [7, 11) is 0. The van der Waals surface area contributed by atoms with Gasteiger partial charge in [-0.3, -0.25) is 0 Å². The van der Waals surface area contributed by atoms with Gasteiger partial charge in [0.2, 0.25) is 0 Å². The first kappa shape index (κ1) is 36.9. The molecule has 0 amide bonds. The lowest BCUT2D eigenvalue weighted by Crippen LogP contribution is -2.09. The molecule has 3 nitrogen and oxygen atoms in total. The number of fused-ring (bicyclic) bond motifs is 9. The number of anilines is 3. The van der Waals surface area contributed by atoms with Gasteiger partial charge in [-0.2, -0.15) is 0 Å². The molecule has 3 heteroatoms. The number of furan rings is 1. The molecule has 0 bridgehead atoms. The Kier molecular flexibility index (Phi) is 8.53. The van der Waals surface area contributed by atoms with Gasteiger partial charge in [-0.15, -0.1) is 0 Å². The van der Waals surface area contributed by atoms with Crippen LogP contribution in [0.5, 0.6) is 0 Å². The first-order valence-corrected chi connectivity index (χ1v) is 22.2. The molecule has 13 rings (SSSR count). The Hall–Kier alpha value is -8.66. The second kappa shape index (κ2) is 15.0. The second-order valence-electron chi connectivity index (χ2n) is 16.9. The largest absolute Gasteiger partial charge is 0.455 e. The molecule has 13 aromatic rings. The Morgan fingerprint density at radius 1 is 0.308 bits per heavy atom. The van der Waals surface area contributed by atoms with Crippen LogP contribution in [-0.2, 0) is 0 Å². The minimum absolute atomic E-state index is 0.861. The average Bonchev–Trinajstić information content (AvgIpc) is 3.93. The third-order valence-electron chi connectivity index (χ3n) is 13.2. The lowest BCUT2D eigenvalue weighted by Gasteiger charge is -2.26. The second-order valence-corrected chi connectivity index (χ2v) is 16.9. The molecule has 2 aromatic heterocycles. The summed E-state index contributed by atoms with van der Waals surface area (Å²) in [4.78, 5) is 2.33. The normalized spacial score (nSPS) is 11.7. The summed E-state index contributed by atoms with van der Waals surface area (Å²) in [6.07, 6.45) is 0. The van der Waals surface area contributed by atoms with E-state index in [1.54, 1.807) is 0 Å². The monoisotopic (exact) mass is 828 g/mol. The Morgan fingerprint density at radius 3 is 1.51 bits per heavy atom. The summed E-state index contributed by atoms with van der Waals surface area (Å²) in [6, 6.07) is 87.6. The molecule has 65 heavy (non-hydrogen) atoms. The van der Waals surface area contributed by atoms with Gasteiger partial charge < -0.3 is 13.9 Å². The molecule has 0 radical (unpaired) electrons. The Labute approximate surface area is 376 Å². The van der Waals surface area contributed by atoms with Crippen LogP contribution in [0.25, 0.3) is 104 Å². The van der Waals surface area contributed by atoms with E-state index in [9.17, 15) is 0 Å². The molecule has 0 fully saturated rings. The van der Waals surface area contributed by atoms with E-state index in [2.05, 4.69) is 252 Å². The highest BCUT2D eigenvalue weighted by Gasteiger charge is 2.18. The number of hydrogen-bond acceptors (Lipinski definition) is 2. The van der Waals surface area contributed by atoms with Crippen LogP contribution < -0.4 is 4.90 Å². The molecule has 2 heterocycles. The first-order valence-electron chi connectivity index (χ1n) is 22.2. The summed E-state index contributed by atoms with van der Waals surface area (Å²) in [5.74, 6) is 0. The van der Waals surface area contributed by atoms with Crippen molar-refractivity contribution < 1.29 is 4.42 Å². The molecule has 0 aliphatic rings. The summed E-state index contributed by atoms with van der Waals surface area (Å²) in [6.45, 7) is 0. The molecule has 0 unspecified atom stereocenters. The lowest BCUT2D eigenvalue weighted by atomic mass is 9.96. The molecule has 11 aromatic carbocycles. The van der Waals surface area contributed by atoms with Crippen LogP contribution in [0, 0.1) is 0 Å². The van der Waals surface area contributed by atoms with Crippen molar-refractivity contribution >= 4 is 82.4 Å². The predicted molar refractivity (Wildman–Crippen MR) is 274 cm³/mol. The molecule has 0 saturated carbocycles. The highest BCUT2D eigenvalue weighted by molar-refractivity contribution is 6.15. The van der Waals surface area contributed by atoms with E-state index in [0.29, 0.717) is 0 Å². The summed E-state index contributed by atoms with van der Waals surface area (Å²) >= 11 is 0. The van der Waals surface area contributed by atoms with Gasteiger partial charge in [0.25, 0.3) is 0 Å². The van der Waals surface area contributed by atoms with Gasteiger partial charge in [-0.1, -0.05) is 170 Å². The van der Waals surface area contributed by atoms with Gasteiger partial charge in [0, 0.05) is 55.7 Å². The Bertz CT molecular complexity index is 3870. The van der Waals surface area contributed by atoms with E-state index in [-0.39, 0.29) is 0 Å². The molecule has 304 valence electrons. The average molecular weight is 829 g/mol. The zero-order valence-corrected chi connectivity index (χ0v) is 35.4. The number of para-hydroxylation sites is 2. The fourth-order valence-corrected chi connectivity index (χ4v) is 10.0. The molecular weight excluding hydrogens is 789 g/mol. The zero-order chi connectivity index (χ0) is 42.8. The van der Waals surface area contributed by atoms with Crippen LogP contribution in [0.3, 0.4) is 0 Å².